The standard InChI is InChI=1S/C16H18N2O/c1-12(17)10-11-18-13-6-2-4-8-15(13)19-16-9-5-3-7-14(16)18/h2-9,12H,10-11,17H2,1H3. The van der Waals surface area contributed by atoms with Gasteiger partial charge in [-0.05, 0) is 37.6 Å². The Balaban J connectivity index is 2.01. The van der Waals surface area contributed by atoms with Crippen molar-refractivity contribution >= 4 is 11.4 Å². The third kappa shape index (κ3) is 2.29. The molecule has 19 heavy (non-hydrogen) atoms. The summed E-state index contributed by atoms with van der Waals surface area (Å²) in [4.78, 5) is 2.29. The van der Waals surface area contributed by atoms with Crippen molar-refractivity contribution in [1.29, 1.82) is 0 Å². The van der Waals surface area contributed by atoms with E-state index in [-0.39, 0.29) is 6.04 Å². The van der Waals surface area contributed by atoms with Crippen LogP contribution < -0.4 is 15.4 Å². The van der Waals surface area contributed by atoms with Gasteiger partial charge in [0, 0.05) is 12.6 Å². The van der Waals surface area contributed by atoms with Gasteiger partial charge in [-0.15, -0.1) is 0 Å². The lowest BCUT2D eigenvalue weighted by molar-refractivity contribution is 0.471. The van der Waals surface area contributed by atoms with E-state index in [1.54, 1.807) is 0 Å². The highest BCUT2D eigenvalue weighted by Crippen LogP contribution is 2.46. The largest absolute Gasteiger partial charge is 0.453 e. The predicted molar refractivity (Wildman–Crippen MR) is 78.2 cm³/mol. The Hall–Kier alpha value is -2.00. The van der Waals surface area contributed by atoms with Crippen molar-refractivity contribution in [3.8, 4) is 11.5 Å². The molecule has 3 rings (SSSR count). The van der Waals surface area contributed by atoms with E-state index in [2.05, 4.69) is 17.0 Å². The molecule has 0 bridgehead atoms. The molecular weight excluding hydrogens is 236 g/mol. The summed E-state index contributed by atoms with van der Waals surface area (Å²) in [5.74, 6) is 1.82. The van der Waals surface area contributed by atoms with Crippen LogP contribution in [0.2, 0.25) is 0 Å². The molecule has 2 aromatic carbocycles. The second kappa shape index (κ2) is 4.94. The lowest BCUT2D eigenvalue weighted by Gasteiger charge is -2.33. The summed E-state index contributed by atoms with van der Waals surface area (Å²) in [6, 6.07) is 16.5. The van der Waals surface area contributed by atoms with Crippen LogP contribution in [-0.2, 0) is 0 Å². The maximum atomic E-state index is 5.94. The minimum atomic E-state index is 0.196. The number of hydrogen-bond acceptors (Lipinski definition) is 3. The van der Waals surface area contributed by atoms with Gasteiger partial charge in [0.25, 0.3) is 0 Å². The SMILES string of the molecule is CC(N)CCN1c2ccccc2Oc2ccccc21. The molecule has 1 aliphatic rings. The number of anilines is 2. The highest BCUT2D eigenvalue weighted by Gasteiger charge is 2.23. The number of nitrogens with zero attached hydrogens (tertiary/aromatic N) is 1. The number of fused-ring (bicyclic) bond motifs is 2. The summed E-state index contributed by atoms with van der Waals surface area (Å²) < 4.78 is 5.94. The quantitative estimate of drug-likeness (QED) is 0.908. The van der Waals surface area contributed by atoms with Crippen LogP contribution >= 0.6 is 0 Å². The Kier molecular flexibility index (Phi) is 3.13. The molecular formula is C16H18N2O. The van der Waals surface area contributed by atoms with E-state index in [4.69, 9.17) is 10.5 Å². The lowest BCUT2D eigenvalue weighted by atomic mass is 10.1. The van der Waals surface area contributed by atoms with Crippen molar-refractivity contribution in [3.63, 3.8) is 0 Å². The molecule has 0 saturated heterocycles. The van der Waals surface area contributed by atoms with E-state index < -0.39 is 0 Å². The second-order valence-electron chi connectivity index (χ2n) is 4.96. The third-order valence-electron chi connectivity index (χ3n) is 3.34. The Labute approximate surface area is 113 Å². The van der Waals surface area contributed by atoms with E-state index >= 15 is 0 Å². The van der Waals surface area contributed by atoms with Crippen LogP contribution in [0.5, 0.6) is 11.5 Å². The molecule has 2 aromatic rings. The van der Waals surface area contributed by atoms with Crippen LogP contribution in [0.15, 0.2) is 48.5 Å². The van der Waals surface area contributed by atoms with E-state index in [0.717, 1.165) is 35.8 Å². The van der Waals surface area contributed by atoms with Gasteiger partial charge in [-0.1, -0.05) is 24.3 Å². The molecule has 3 nitrogen and oxygen atoms in total. The molecule has 1 heterocycles. The first-order valence-electron chi connectivity index (χ1n) is 6.65. The Bertz CT molecular complexity index is 535. The van der Waals surface area contributed by atoms with Gasteiger partial charge in [0.1, 0.15) is 0 Å². The van der Waals surface area contributed by atoms with E-state index in [0.29, 0.717) is 0 Å². The highest BCUT2D eigenvalue weighted by atomic mass is 16.5. The van der Waals surface area contributed by atoms with Gasteiger partial charge in [-0.3, -0.25) is 0 Å². The molecule has 0 amide bonds. The molecule has 0 aliphatic carbocycles. The van der Waals surface area contributed by atoms with E-state index in [1.165, 1.54) is 0 Å². The number of para-hydroxylation sites is 4. The summed E-state index contributed by atoms with van der Waals surface area (Å²) in [7, 11) is 0. The summed E-state index contributed by atoms with van der Waals surface area (Å²) in [6.45, 7) is 2.94. The number of hydrogen-bond donors (Lipinski definition) is 1. The zero-order valence-electron chi connectivity index (χ0n) is 11.0. The second-order valence-corrected chi connectivity index (χ2v) is 4.96. The van der Waals surface area contributed by atoms with Crippen LogP contribution in [0.25, 0.3) is 0 Å². The van der Waals surface area contributed by atoms with Crippen molar-refractivity contribution in [1.82, 2.24) is 0 Å². The number of benzene rings is 2. The minimum Gasteiger partial charge on any atom is -0.453 e. The first-order valence-corrected chi connectivity index (χ1v) is 6.65. The van der Waals surface area contributed by atoms with Gasteiger partial charge in [-0.2, -0.15) is 0 Å². The smallest absolute Gasteiger partial charge is 0.151 e. The fourth-order valence-electron chi connectivity index (χ4n) is 2.35. The number of ether oxygens (including phenoxy) is 1. The average Bonchev–Trinajstić information content (AvgIpc) is 2.43. The molecule has 2 N–H and O–H groups in total. The summed E-state index contributed by atoms with van der Waals surface area (Å²) in [5.41, 5.74) is 8.12. The number of nitrogens with two attached hydrogens (primary N) is 1. The van der Waals surface area contributed by atoms with Gasteiger partial charge < -0.3 is 15.4 Å². The first kappa shape index (κ1) is 12.1. The molecule has 0 saturated carbocycles. The number of rotatable bonds is 3. The summed E-state index contributed by atoms with van der Waals surface area (Å²) in [6.07, 6.45) is 0.947. The summed E-state index contributed by atoms with van der Waals surface area (Å²) >= 11 is 0. The molecule has 98 valence electrons. The van der Waals surface area contributed by atoms with E-state index in [1.807, 2.05) is 43.3 Å². The molecule has 1 unspecified atom stereocenters. The third-order valence-corrected chi connectivity index (χ3v) is 3.34. The molecule has 3 heteroatoms. The van der Waals surface area contributed by atoms with Crippen LogP contribution in [0.1, 0.15) is 13.3 Å². The maximum Gasteiger partial charge on any atom is 0.151 e. The van der Waals surface area contributed by atoms with Crippen LogP contribution in [0, 0.1) is 0 Å². The van der Waals surface area contributed by atoms with Gasteiger partial charge in [-0.25, -0.2) is 0 Å². The molecule has 0 aromatic heterocycles. The maximum absolute atomic E-state index is 5.94. The van der Waals surface area contributed by atoms with Crippen molar-refractivity contribution in [2.24, 2.45) is 5.73 Å². The monoisotopic (exact) mass is 254 g/mol. The van der Waals surface area contributed by atoms with Crippen molar-refractivity contribution in [2.45, 2.75) is 19.4 Å². The van der Waals surface area contributed by atoms with Crippen LogP contribution in [0.3, 0.4) is 0 Å². The lowest BCUT2D eigenvalue weighted by Crippen LogP contribution is -2.27. The van der Waals surface area contributed by atoms with Gasteiger partial charge in [0.05, 0.1) is 11.4 Å². The topological polar surface area (TPSA) is 38.5 Å². The average molecular weight is 254 g/mol. The molecule has 0 fully saturated rings. The fourth-order valence-corrected chi connectivity index (χ4v) is 2.35. The van der Waals surface area contributed by atoms with Crippen molar-refractivity contribution < 1.29 is 4.74 Å². The molecule has 1 atom stereocenters. The molecule has 1 aliphatic heterocycles. The zero-order chi connectivity index (χ0) is 13.2. The summed E-state index contributed by atoms with van der Waals surface area (Å²) in [5, 5.41) is 0. The van der Waals surface area contributed by atoms with Crippen molar-refractivity contribution in [2.75, 3.05) is 11.4 Å². The van der Waals surface area contributed by atoms with Crippen molar-refractivity contribution in [3.05, 3.63) is 48.5 Å². The van der Waals surface area contributed by atoms with Crippen LogP contribution in [0.4, 0.5) is 11.4 Å². The highest BCUT2D eigenvalue weighted by molar-refractivity contribution is 5.77. The normalized spacial score (nSPS) is 14.3. The zero-order valence-corrected chi connectivity index (χ0v) is 11.0. The molecule has 0 spiro atoms. The Morgan fingerprint density at radius 3 is 2.05 bits per heavy atom. The van der Waals surface area contributed by atoms with Gasteiger partial charge in [0.2, 0.25) is 0 Å². The fraction of sp³-hybridized carbons (Fsp3) is 0.250. The van der Waals surface area contributed by atoms with Crippen LogP contribution in [-0.4, -0.2) is 12.6 Å². The molecule has 0 radical (unpaired) electrons. The van der Waals surface area contributed by atoms with E-state index in [9.17, 15) is 0 Å². The van der Waals surface area contributed by atoms with Gasteiger partial charge in [0.15, 0.2) is 11.5 Å². The first-order chi connectivity index (χ1) is 9.25. The Morgan fingerprint density at radius 2 is 1.53 bits per heavy atom. The minimum absolute atomic E-state index is 0.196. The predicted octanol–water partition coefficient (Wildman–Crippen LogP) is 3.67. The Morgan fingerprint density at radius 1 is 1.00 bits per heavy atom. The van der Waals surface area contributed by atoms with Gasteiger partial charge >= 0.3 is 0 Å².